The highest BCUT2D eigenvalue weighted by molar-refractivity contribution is 5.85. The van der Waals surface area contributed by atoms with Crippen molar-refractivity contribution in [1.29, 1.82) is 0 Å². The van der Waals surface area contributed by atoms with Gasteiger partial charge in [0.1, 0.15) is 11.3 Å². The van der Waals surface area contributed by atoms with Crippen LogP contribution in [-0.2, 0) is 11.3 Å². The van der Waals surface area contributed by atoms with E-state index in [4.69, 9.17) is 28.1 Å². The van der Waals surface area contributed by atoms with E-state index in [1.807, 2.05) is 6.07 Å². The van der Waals surface area contributed by atoms with E-state index in [1.54, 1.807) is 48.5 Å². The van der Waals surface area contributed by atoms with Crippen LogP contribution in [0.15, 0.2) is 63.8 Å². The van der Waals surface area contributed by atoms with Crippen molar-refractivity contribution in [3.8, 4) is 34.5 Å². The van der Waals surface area contributed by atoms with Crippen molar-refractivity contribution in [2.45, 2.75) is 18.9 Å². The van der Waals surface area contributed by atoms with E-state index in [1.165, 1.54) is 21.3 Å². The third-order valence-corrected chi connectivity index (χ3v) is 6.57. The van der Waals surface area contributed by atoms with Crippen LogP contribution in [0.4, 0.5) is 0 Å². The Morgan fingerprint density at radius 2 is 1.69 bits per heavy atom. The molecule has 1 amide bonds. The molecule has 0 radical (unpaired) electrons. The zero-order valence-corrected chi connectivity index (χ0v) is 21.6. The van der Waals surface area contributed by atoms with Gasteiger partial charge < -0.3 is 38.5 Å². The molecule has 5 rings (SSSR count). The quantitative estimate of drug-likeness (QED) is 0.306. The number of nitrogens with one attached hydrogen (secondary N) is 1. The summed E-state index contributed by atoms with van der Waals surface area (Å²) in [4.78, 5) is 26.5. The lowest BCUT2D eigenvalue weighted by molar-refractivity contribution is -0.121. The first kappa shape index (κ1) is 25.8. The van der Waals surface area contributed by atoms with Crippen molar-refractivity contribution in [2.75, 3.05) is 28.1 Å². The molecule has 10 nitrogen and oxygen atoms in total. The Hall–Kier alpha value is -4.86. The van der Waals surface area contributed by atoms with Gasteiger partial charge >= 0.3 is 5.63 Å². The summed E-state index contributed by atoms with van der Waals surface area (Å²) < 4.78 is 32.7. The summed E-state index contributed by atoms with van der Waals surface area (Å²) in [6.45, 7) is 0.370. The van der Waals surface area contributed by atoms with Gasteiger partial charge in [-0.05, 0) is 47.5 Å². The lowest BCUT2D eigenvalue weighted by atomic mass is 9.87. The number of carbonyl (C=O) groups is 1. The van der Waals surface area contributed by atoms with Crippen molar-refractivity contribution < 1.29 is 38.0 Å². The number of methoxy groups -OCH3 is 3. The van der Waals surface area contributed by atoms with E-state index in [9.17, 15) is 14.7 Å². The van der Waals surface area contributed by atoms with Gasteiger partial charge in [-0.1, -0.05) is 18.2 Å². The Labute approximate surface area is 223 Å². The molecular formula is C29H27NO9. The van der Waals surface area contributed by atoms with Crippen LogP contribution in [0.3, 0.4) is 0 Å². The van der Waals surface area contributed by atoms with Crippen LogP contribution < -0.4 is 34.6 Å². The number of carbonyl (C=O) groups excluding carboxylic acids is 1. The SMILES string of the molecule is COc1cc([C@@H](CC(=O)NCc2ccc3c(c2)OCO3)c2c(O)c3ccccc3oc2=O)cc(OC)c1OC. The van der Waals surface area contributed by atoms with Gasteiger partial charge in [0, 0.05) is 18.9 Å². The second-order valence-corrected chi connectivity index (χ2v) is 8.83. The summed E-state index contributed by atoms with van der Waals surface area (Å²) >= 11 is 0. The van der Waals surface area contributed by atoms with Crippen molar-refractivity contribution in [1.82, 2.24) is 5.32 Å². The summed E-state index contributed by atoms with van der Waals surface area (Å²) in [5, 5.41) is 14.5. The molecule has 1 aliphatic rings. The minimum atomic E-state index is -0.906. The van der Waals surface area contributed by atoms with E-state index in [-0.39, 0.29) is 42.6 Å². The number of aromatic hydroxyl groups is 1. The molecule has 2 heterocycles. The first-order valence-corrected chi connectivity index (χ1v) is 12.1. The lowest BCUT2D eigenvalue weighted by Gasteiger charge is -2.21. The lowest BCUT2D eigenvalue weighted by Crippen LogP contribution is -2.26. The summed E-state index contributed by atoms with van der Waals surface area (Å²) in [5.74, 6) is 0.745. The first-order valence-electron chi connectivity index (χ1n) is 12.1. The number of amides is 1. The fourth-order valence-corrected chi connectivity index (χ4v) is 4.65. The van der Waals surface area contributed by atoms with Gasteiger partial charge in [0.05, 0.1) is 32.3 Å². The predicted octanol–water partition coefficient (Wildman–Crippen LogP) is 4.09. The zero-order valence-electron chi connectivity index (χ0n) is 21.6. The van der Waals surface area contributed by atoms with E-state index < -0.39 is 11.5 Å². The van der Waals surface area contributed by atoms with Crippen molar-refractivity contribution in [2.24, 2.45) is 0 Å². The van der Waals surface area contributed by atoms with Crippen molar-refractivity contribution >= 4 is 16.9 Å². The van der Waals surface area contributed by atoms with Crippen LogP contribution in [0.1, 0.15) is 29.0 Å². The third kappa shape index (κ3) is 5.00. The molecule has 0 fully saturated rings. The Morgan fingerprint density at radius 1 is 0.974 bits per heavy atom. The number of hydrogen-bond acceptors (Lipinski definition) is 9. The first-order chi connectivity index (χ1) is 18.9. The molecular weight excluding hydrogens is 506 g/mol. The Balaban J connectivity index is 1.53. The maximum absolute atomic E-state index is 13.3. The van der Waals surface area contributed by atoms with Gasteiger partial charge in [-0.25, -0.2) is 4.79 Å². The fourth-order valence-electron chi connectivity index (χ4n) is 4.65. The predicted molar refractivity (Wildman–Crippen MR) is 141 cm³/mol. The maximum atomic E-state index is 13.3. The minimum Gasteiger partial charge on any atom is -0.507 e. The van der Waals surface area contributed by atoms with Crippen molar-refractivity contribution in [3.63, 3.8) is 0 Å². The Kier molecular flexibility index (Phi) is 7.18. The highest BCUT2D eigenvalue weighted by Crippen LogP contribution is 2.44. The molecule has 39 heavy (non-hydrogen) atoms. The number of benzene rings is 3. The molecule has 2 N–H and O–H groups in total. The molecule has 10 heteroatoms. The Morgan fingerprint density at radius 3 is 2.41 bits per heavy atom. The summed E-state index contributed by atoms with van der Waals surface area (Å²) in [5.41, 5.74) is 0.722. The van der Waals surface area contributed by atoms with Crippen LogP contribution in [0, 0.1) is 0 Å². The van der Waals surface area contributed by atoms with Gasteiger partial charge in [-0.3, -0.25) is 4.79 Å². The maximum Gasteiger partial charge on any atom is 0.343 e. The molecule has 0 aliphatic carbocycles. The fraction of sp³-hybridized carbons (Fsp3) is 0.241. The summed E-state index contributed by atoms with van der Waals surface area (Å²) in [6.07, 6.45) is -0.181. The molecule has 1 aliphatic heterocycles. The van der Waals surface area contributed by atoms with Gasteiger partial charge in [-0.2, -0.15) is 0 Å². The number of para-hydroxylation sites is 1. The van der Waals surface area contributed by atoms with Crippen LogP contribution >= 0.6 is 0 Å². The van der Waals surface area contributed by atoms with Gasteiger partial charge in [-0.15, -0.1) is 0 Å². The highest BCUT2D eigenvalue weighted by Gasteiger charge is 2.29. The van der Waals surface area contributed by atoms with Crippen LogP contribution in [0.5, 0.6) is 34.5 Å². The number of hydrogen-bond donors (Lipinski definition) is 2. The highest BCUT2D eigenvalue weighted by atomic mass is 16.7. The average molecular weight is 534 g/mol. The Bertz CT molecular complexity index is 1570. The third-order valence-electron chi connectivity index (χ3n) is 6.57. The van der Waals surface area contributed by atoms with E-state index in [2.05, 4.69) is 5.32 Å². The smallest absolute Gasteiger partial charge is 0.343 e. The van der Waals surface area contributed by atoms with Crippen LogP contribution in [0.2, 0.25) is 0 Å². The molecule has 0 saturated heterocycles. The van der Waals surface area contributed by atoms with Gasteiger partial charge in [0.2, 0.25) is 18.4 Å². The molecule has 0 unspecified atom stereocenters. The van der Waals surface area contributed by atoms with Gasteiger partial charge in [0.25, 0.3) is 0 Å². The van der Waals surface area contributed by atoms with E-state index in [0.29, 0.717) is 39.7 Å². The summed E-state index contributed by atoms with van der Waals surface area (Å²) in [6, 6.07) is 15.3. The minimum absolute atomic E-state index is 0.0544. The monoisotopic (exact) mass is 533 g/mol. The molecule has 1 aromatic heterocycles. The molecule has 1 atom stereocenters. The van der Waals surface area contributed by atoms with Crippen molar-refractivity contribution in [3.05, 3.63) is 81.7 Å². The van der Waals surface area contributed by atoms with Crippen LogP contribution in [0.25, 0.3) is 11.0 Å². The van der Waals surface area contributed by atoms with E-state index >= 15 is 0 Å². The number of rotatable bonds is 9. The second-order valence-electron chi connectivity index (χ2n) is 8.83. The second kappa shape index (κ2) is 10.9. The van der Waals surface area contributed by atoms with Crippen LogP contribution in [-0.4, -0.2) is 39.1 Å². The molecule has 0 bridgehead atoms. The molecule has 0 saturated carbocycles. The van der Waals surface area contributed by atoms with E-state index in [0.717, 1.165) is 5.56 Å². The summed E-state index contributed by atoms with van der Waals surface area (Å²) in [7, 11) is 4.41. The molecule has 4 aromatic rings. The molecule has 202 valence electrons. The molecule has 0 spiro atoms. The standard InChI is InChI=1S/C29H27NO9/c1-34-23-11-17(12-24(35-2)28(23)36-3)19(26-27(32)18-6-4-5-7-20(18)39-29(26)33)13-25(31)30-14-16-8-9-21-22(10-16)38-15-37-21/h4-12,19,32H,13-15H2,1-3H3,(H,30,31)/t19-/m1/s1. The topological polar surface area (TPSA) is 126 Å². The number of fused-ring (bicyclic) bond motifs is 2. The normalized spacial score (nSPS) is 12.7. The largest absolute Gasteiger partial charge is 0.507 e. The van der Waals surface area contributed by atoms with Gasteiger partial charge in [0.15, 0.2) is 23.0 Å². The molecule has 3 aromatic carbocycles. The number of ether oxygens (including phenoxy) is 5. The average Bonchev–Trinajstić information content (AvgIpc) is 3.42. The zero-order chi connectivity index (χ0) is 27.5.